The molecule has 0 N–H and O–H groups in total. The molecule has 0 bridgehead atoms. The number of ether oxygens (including phenoxy) is 4. The molecule has 0 amide bonds. The van der Waals surface area contributed by atoms with Crippen molar-refractivity contribution in [2.24, 2.45) is 0 Å². The fourth-order valence-electron chi connectivity index (χ4n) is 3.18. The Hall–Kier alpha value is -1.63. The second-order valence-electron chi connectivity index (χ2n) is 7.85. The summed E-state index contributed by atoms with van der Waals surface area (Å²) in [6, 6.07) is 3.70. The molecule has 7 nitrogen and oxygen atoms in total. The zero-order valence-corrected chi connectivity index (χ0v) is 22.2. The lowest BCUT2D eigenvalue weighted by Gasteiger charge is -2.20. The van der Waals surface area contributed by atoms with Crippen LogP contribution in [-0.2, 0) is 35.7 Å². The molecule has 0 saturated heterocycles. The zero-order valence-electron chi connectivity index (χ0n) is 21.3. The van der Waals surface area contributed by atoms with Crippen molar-refractivity contribution in [1.29, 1.82) is 0 Å². The summed E-state index contributed by atoms with van der Waals surface area (Å²) in [5, 5.41) is 0. The van der Waals surface area contributed by atoms with E-state index in [0.29, 0.717) is 31.1 Å². The molecule has 0 aliphatic rings. The summed E-state index contributed by atoms with van der Waals surface area (Å²) in [5.74, 6) is 1.21. The molecule has 0 radical (unpaired) electrons. The monoisotopic (exact) mass is 484 g/mol. The summed E-state index contributed by atoms with van der Waals surface area (Å²) in [6.07, 6.45) is 7.14. The van der Waals surface area contributed by atoms with E-state index in [2.05, 4.69) is 32.9 Å². The predicted octanol–water partition coefficient (Wildman–Crippen LogP) is 6.65. The third kappa shape index (κ3) is 11.4. The maximum absolute atomic E-state index is 13.1. The molecular formula is C25H41O7P. The minimum atomic E-state index is -3.29. The van der Waals surface area contributed by atoms with E-state index >= 15 is 0 Å². The Balaban J connectivity index is 3.31. The fourth-order valence-corrected chi connectivity index (χ4v) is 4.86. The second kappa shape index (κ2) is 16.1. The first-order valence-electron chi connectivity index (χ1n) is 11.3. The fraction of sp³-hybridized carbons (Fsp3) is 0.600. The van der Waals surface area contributed by atoms with Crippen LogP contribution in [0, 0.1) is 0 Å². The first-order valence-corrected chi connectivity index (χ1v) is 13.1. The molecule has 0 fully saturated rings. The van der Waals surface area contributed by atoms with Gasteiger partial charge in [-0.3, -0.25) is 4.57 Å². The van der Waals surface area contributed by atoms with Crippen molar-refractivity contribution in [2.75, 3.05) is 41.0 Å². The van der Waals surface area contributed by atoms with Crippen molar-refractivity contribution in [3.63, 3.8) is 0 Å². The molecule has 0 aliphatic heterocycles. The summed E-state index contributed by atoms with van der Waals surface area (Å²) in [7, 11) is -0.157. The van der Waals surface area contributed by atoms with Gasteiger partial charge in [0.2, 0.25) is 0 Å². The summed E-state index contributed by atoms with van der Waals surface area (Å²) in [4.78, 5) is 0. The number of rotatable bonds is 17. The van der Waals surface area contributed by atoms with E-state index in [1.165, 1.54) is 11.1 Å². The van der Waals surface area contributed by atoms with Crippen molar-refractivity contribution in [2.45, 2.75) is 60.0 Å². The van der Waals surface area contributed by atoms with Gasteiger partial charge in [-0.05, 0) is 71.6 Å². The van der Waals surface area contributed by atoms with Gasteiger partial charge >= 0.3 is 7.60 Å². The van der Waals surface area contributed by atoms with Crippen LogP contribution in [0.3, 0.4) is 0 Å². The van der Waals surface area contributed by atoms with Crippen molar-refractivity contribution >= 4 is 7.60 Å². The first kappa shape index (κ1) is 29.4. The Kier molecular flexibility index (Phi) is 14.3. The molecule has 188 valence electrons. The Bertz CT molecular complexity index is 774. The van der Waals surface area contributed by atoms with Crippen LogP contribution in [0.2, 0.25) is 0 Å². The maximum Gasteiger partial charge on any atom is 0.335 e. The SMILES string of the molecule is CCOP(=O)(Cc1cc(OCOC)c(C/C=C(\C)CCC=C(C)C)c(OCOC)c1)OCC. The van der Waals surface area contributed by atoms with Gasteiger partial charge in [0, 0.05) is 19.8 Å². The highest BCUT2D eigenvalue weighted by molar-refractivity contribution is 7.53. The minimum absolute atomic E-state index is 0.0814. The topological polar surface area (TPSA) is 72.5 Å². The largest absolute Gasteiger partial charge is 0.467 e. The van der Waals surface area contributed by atoms with Crippen LogP contribution in [0.5, 0.6) is 11.5 Å². The van der Waals surface area contributed by atoms with Crippen molar-refractivity contribution in [1.82, 2.24) is 0 Å². The van der Waals surface area contributed by atoms with E-state index in [9.17, 15) is 4.57 Å². The summed E-state index contributed by atoms with van der Waals surface area (Å²) < 4.78 is 46.0. The molecule has 0 aliphatic carbocycles. The number of hydrogen-bond donors (Lipinski definition) is 0. The van der Waals surface area contributed by atoms with Crippen LogP contribution in [0.4, 0.5) is 0 Å². The smallest absolute Gasteiger partial charge is 0.335 e. The number of benzene rings is 1. The first-order chi connectivity index (χ1) is 15.8. The average Bonchev–Trinajstić information content (AvgIpc) is 2.75. The van der Waals surface area contributed by atoms with Crippen LogP contribution < -0.4 is 9.47 Å². The molecule has 0 spiro atoms. The third-order valence-electron chi connectivity index (χ3n) is 4.67. The molecule has 1 rings (SSSR count). The molecule has 8 heteroatoms. The normalized spacial score (nSPS) is 12.0. The van der Waals surface area contributed by atoms with Crippen molar-refractivity contribution < 1.29 is 32.6 Å². The van der Waals surface area contributed by atoms with Crippen LogP contribution in [0.1, 0.15) is 58.6 Å². The van der Waals surface area contributed by atoms with Crippen LogP contribution >= 0.6 is 7.60 Å². The molecule has 1 aromatic carbocycles. The van der Waals surface area contributed by atoms with Gasteiger partial charge in [0.25, 0.3) is 0 Å². The van der Waals surface area contributed by atoms with Crippen molar-refractivity contribution in [3.8, 4) is 11.5 Å². The van der Waals surface area contributed by atoms with E-state index in [-0.39, 0.29) is 19.7 Å². The summed E-state index contributed by atoms with van der Waals surface area (Å²) in [6.45, 7) is 10.7. The van der Waals surface area contributed by atoms with Crippen LogP contribution in [0.15, 0.2) is 35.4 Å². The quantitative estimate of drug-likeness (QED) is 0.139. The lowest BCUT2D eigenvalue weighted by molar-refractivity contribution is 0.0447. The van der Waals surface area contributed by atoms with E-state index in [0.717, 1.165) is 24.0 Å². The molecule has 33 heavy (non-hydrogen) atoms. The zero-order chi connectivity index (χ0) is 24.7. The average molecular weight is 485 g/mol. The molecule has 0 aromatic heterocycles. The van der Waals surface area contributed by atoms with Gasteiger partial charge in [-0.2, -0.15) is 0 Å². The van der Waals surface area contributed by atoms with E-state index in [4.69, 9.17) is 28.0 Å². The standard InChI is InChI=1S/C25H41O7P/c1-8-31-33(26,32-9-2)17-22-15-24(29-18-27-6)23(25(16-22)30-19-28-7)14-13-21(5)12-10-11-20(3)4/h11,13,15-16H,8-10,12,14,17-19H2,1-7H3/b21-13+. The highest BCUT2D eigenvalue weighted by Crippen LogP contribution is 2.52. The number of methoxy groups -OCH3 is 2. The maximum atomic E-state index is 13.1. The van der Waals surface area contributed by atoms with Gasteiger partial charge in [-0.15, -0.1) is 0 Å². The lowest BCUT2D eigenvalue weighted by Crippen LogP contribution is -2.08. The van der Waals surface area contributed by atoms with Crippen LogP contribution in [0.25, 0.3) is 0 Å². The van der Waals surface area contributed by atoms with Crippen LogP contribution in [-0.4, -0.2) is 41.0 Å². The molecular weight excluding hydrogens is 443 g/mol. The van der Waals surface area contributed by atoms with Gasteiger partial charge in [0.15, 0.2) is 13.6 Å². The van der Waals surface area contributed by atoms with Gasteiger partial charge in [-0.1, -0.05) is 23.3 Å². The van der Waals surface area contributed by atoms with Gasteiger partial charge < -0.3 is 28.0 Å². The molecule has 1 aromatic rings. The Morgan fingerprint density at radius 1 is 0.909 bits per heavy atom. The van der Waals surface area contributed by atoms with E-state index in [1.54, 1.807) is 28.1 Å². The van der Waals surface area contributed by atoms with Gasteiger partial charge in [0.05, 0.1) is 19.4 Å². The van der Waals surface area contributed by atoms with Gasteiger partial charge in [-0.25, -0.2) is 0 Å². The highest BCUT2D eigenvalue weighted by atomic mass is 31.2. The Morgan fingerprint density at radius 3 is 1.91 bits per heavy atom. The highest BCUT2D eigenvalue weighted by Gasteiger charge is 2.26. The number of hydrogen-bond acceptors (Lipinski definition) is 7. The molecule has 0 unspecified atom stereocenters. The lowest BCUT2D eigenvalue weighted by atomic mass is 10.0. The second-order valence-corrected chi connectivity index (χ2v) is 9.91. The van der Waals surface area contributed by atoms with E-state index < -0.39 is 7.60 Å². The Labute approximate surface area is 199 Å². The predicted molar refractivity (Wildman–Crippen MR) is 132 cm³/mol. The number of allylic oxidation sites excluding steroid dienone is 4. The molecule has 0 saturated carbocycles. The Morgan fingerprint density at radius 2 is 1.45 bits per heavy atom. The molecule has 0 atom stereocenters. The summed E-state index contributed by atoms with van der Waals surface area (Å²) >= 11 is 0. The summed E-state index contributed by atoms with van der Waals surface area (Å²) in [5.41, 5.74) is 4.20. The van der Waals surface area contributed by atoms with Crippen molar-refractivity contribution in [3.05, 3.63) is 46.6 Å². The van der Waals surface area contributed by atoms with Gasteiger partial charge in [0.1, 0.15) is 11.5 Å². The minimum Gasteiger partial charge on any atom is -0.467 e. The third-order valence-corrected chi connectivity index (χ3v) is 6.72. The molecule has 0 heterocycles. The van der Waals surface area contributed by atoms with E-state index in [1.807, 2.05) is 12.1 Å².